The minimum absolute atomic E-state index is 0.0810. The van der Waals surface area contributed by atoms with Crippen molar-refractivity contribution < 1.29 is 19.1 Å². The van der Waals surface area contributed by atoms with Crippen molar-refractivity contribution in [2.75, 3.05) is 63.3 Å². The van der Waals surface area contributed by atoms with E-state index in [0.717, 1.165) is 37.6 Å². The van der Waals surface area contributed by atoms with E-state index < -0.39 is 5.97 Å². The molecule has 9 heteroatoms. The van der Waals surface area contributed by atoms with Crippen LogP contribution in [0.3, 0.4) is 0 Å². The van der Waals surface area contributed by atoms with Crippen LogP contribution >= 0.6 is 0 Å². The highest BCUT2D eigenvalue weighted by Gasteiger charge is 2.33. The number of aliphatic imine (C=N–C) groups is 1. The van der Waals surface area contributed by atoms with Crippen LogP contribution in [0, 0.1) is 0 Å². The van der Waals surface area contributed by atoms with Gasteiger partial charge in [0.15, 0.2) is 0 Å². The molecule has 0 saturated carbocycles. The van der Waals surface area contributed by atoms with Crippen molar-refractivity contribution in [1.82, 2.24) is 4.90 Å². The van der Waals surface area contributed by atoms with E-state index in [1.165, 1.54) is 0 Å². The Bertz CT molecular complexity index is 1150. The van der Waals surface area contributed by atoms with Crippen molar-refractivity contribution in [3.05, 3.63) is 59.8 Å². The zero-order chi connectivity index (χ0) is 25.7. The van der Waals surface area contributed by atoms with Crippen LogP contribution in [0.2, 0.25) is 0 Å². The predicted octanol–water partition coefficient (Wildman–Crippen LogP) is 2.73. The fraction of sp³-hybridized carbons (Fsp3) is 0.370. The van der Waals surface area contributed by atoms with Gasteiger partial charge in [-0.1, -0.05) is 0 Å². The van der Waals surface area contributed by atoms with Gasteiger partial charge in [-0.2, -0.15) is 0 Å². The zero-order valence-electron chi connectivity index (χ0n) is 21.1. The Kier molecular flexibility index (Phi) is 7.90. The van der Waals surface area contributed by atoms with E-state index in [9.17, 15) is 9.59 Å². The first-order valence-electron chi connectivity index (χ1n) is 12.2. The van der Waals surface area contributed by atoms with Crippen molar-refractivity contribution in [2.45, 2.75) is 13.3 Å². The summed E-state index contributed by atoms with van der Waals surface area (Å²) in [7, 11) is 3.71. The van der Waals surface area contributed by atoms with E-state index in [0.29, 0.717) is 30.0 Å². The number of ether oxygens (including phenoxy) is 2. The zero-order valence-corrected chi connectivity index (χ0v) is 21.1. The molecule has 0 atom stereocenters. The Morgan fingerprint density at radius 2 is 1.61 bits per heavy atom. The van der Waals surface area contributed by atoms with E-state index in [1.54, 1.807) is 43.2 Å². The van der Waals surface area contributed by atoms with Crippen molar-refractivity contribution in [2.24, 2.45) is 10.7 Å². The molecule has 2 fully saturated rings. The molecule has 0 unspecified atom stereocenters. The highest BCUT2D eigenvalue weighted by molar-refractivity contribution is 6.51. The quantitative estimate of drug-likeness (QED) is 0.490. The lowest BCUT2D eigenvalue weighted by Gasteiger charge is -2.34. The fourth-order valence-electron chi connectivity index (χ4n) is 4.35. The van der Waals surface area contributed by atoms with Gasteiger partial charge in [-0.15, -0.1) is 0 Å². The number of piperidine rings is 1. The molecule has 0 spiro atoms. The summed E-state index contributed by atoms with van der Waals surface area (Å²) in [6, 6.07) is 15.0. The summed E-state index contributed by atoms with van der Waals surface area (Å²) in [5, 5.41) is 0. The van der Waals surface area contributed by atoms with Gasteiger partial charge in [-0.3, -0.25) is 4.79 Å². The summed E-state index contributed by atoms with van der Waals surface area (Å²) in [6.45, 7) is 6.27. The largest absolute Gasteiger partial charge is 0.497 e. The molecule has 2 aliphatic rings. The van der Waals surface area contributed by atoms with E-state index in [4.69, 9.17) is 15.2 Å². The first kappa shape index (κ1) is 25.2. The van der Waals surface area contributed by atoms with E-state index in [1.807, 2.05) is 24.3 Å². The van der Waals surface area contributed by atoms with Crippen molar-refractivity contribution in [1.29, 1.82) is 0 Å². The number of esters is 1. The molecular formula is C27H33N5O4. The van der Waals surface area contributed by atoms with Gasteiger partial charge in [0.2, 0.25) is 0 Å². The Morgan fingerprint density at radius 1 is 0.972 bits per heavy atom. The summed E-state index contributed by atoms with van der Waals surface area (Å²) in [5.41, 5.74) is 9.07. The average molecular weight is 492 g/mol. The van der Waals surface area contributed by atoms with E-state index in [-0.39, 0.29) is 23.9 Å². The molecule has 0 aliphatic carbocycles. The lowest BCUT2D eigenvalue weighted by atomic mass is 9.97. The van der Waals surface area contributed by atoms with Gasteiger partial charge in [0.25, 0.3) is 5.91 Å². The normalized spacial score (nSPS) is 19.4. The van der Waals surface area contributed by atoms with Gasteiger partial charge in [-0.05, 0) is 68.9 Å². The van der Waals surface area contributed by atoms with Gasteiger partial charge in [0.05, 0.1) is 19.4 Å². The van der Waals surface area contributed by atoms with Gasteiger partial charge in [0.1, 0.15) is 17.2 Å². The standard InChI is InChI=1S/C27H33N5O4/c1-4-36-27(34)24(28)23-13-14-32(26(33)25(23)29-19-5-11-22(35-3)12-6-19)21-9-7-20(8-10-21)31-17-15-30(2)16-18-31/h5-12H,4,13-18,28H2,1-3H3. The minimum atomic E-state index is -0.646. The van der Waals surface area contributed by atoms with Gasteiger partial charge < -0.3 is 29.9 Å². The molecule has 2 N–H and O–H groups in total. The highest BCUT2D eigenvalue weighted by Crippen LogP contribution is 2.29. The van der Waals surface area contributed by atoms with Gasteiger partial charge in [-0.25, -0.2) is 9.79 Å². The predicted molar refractivity (Wildman–Crippen MR) is 141 cm³/mol. The van der Waals surface area contributed by atoms with Crippen molar-refractivity contribution in [3.63, 3.8) is 0 Å². The van der Waals surface area contributed by atoms with Gasteiger partial charge in [0, 0.05) is 49.7 Å². The molecule has 2 aromatic rings. The van der Waals surface area contributed by atoms with Crippen LogP contribution in [0.25, 0.3) is 0 Å². The second kappa shape index (κ2) is 11.3. The number of rotatable bonds is 6. The lowest BCUT2D eigenvalue weighted by molar-refractivity contribution is -0.138. The number of carbonyl (C=O) groups excluding carboxylic acids is 2. The summed E-state index contributed by atoms with van der Waals surface area (Å²) in [4.78, 5) is 37.0. The minimum Gasteiger partial charge on any atom is -0.497 e. The number of nitrogens with zero attached hydrogens (tertiary/aromatic N) is 4. The third kappa shape index (κ3) is 5.52. The topological polar surface area (TPSA) is 101 Å². The molecule has 190 valence electrons. The monoisotopic (exact) mass is 491 g/mol. The highest BCUT2D eigenvalue weighted by atomic mass is 16.5. The summed E-state index contributed by atoms with van der Waals surface area (Å²) < 4.78 is 10.3. The van der Waals surface area contributed by atoms with Gasteiger partial charge >= 0.3 is 5.97 Å². The van der Waals surface area contributed by atoms with E-state index >= 15 is 0 Å². The van der Waals surface area contributed by atoms with Crippen LogP contribution in [-0.2, 0) is 14.3 Å². The molecule has 2 aromatic carbocycles. The smallest absolute Gasteiger partial charge is 0.354 e. The fourth-order valence-corrected chi connectivity index (χ4v) is 4.35. The molecule has 36 heavy (non-hydrogen) atoms. The number of likely N-dealkylation sites (N-methyl/N-ethyl adjacent to an activating group) is 1. The number of hydrogen-bond donors (Lipinski definition) is 1. The van der Waals surface area contributed by atoms with Crippen LogP contribution in [0.4, 0.5) is 17.1 Å². The third-order valence-electron chi connectivity index (χ3n) is 6.48. The molecule has 0 radical (unpaired) electrons. The Balaban J connectivity index is 1.64. The molecule has 9 nitrogen and oxygen atoms in total. The maximum atomic E-state index is 13.7. The van der Waals surface area contributed by atoms with Crippen LogP contribution < -0.4 is 20.3 Å². The van der Waals surface area contributed by atoms with Crippen LogP contribution in [0.15, 0.2) is 64.8 Å². The lowest BCUT2D eigenvalue weighted by Crippen LogP contribution is -2.45. The number of nitrogens with two attached hydrogens (primary N) is 1. The summed E-state index contributed by atoms with van der Waals surface area (Å²) >= 11 is 0. The number of benzene rings is 2. The number of carbonyl (C=O) groups is 2. The molecule has 0 bridgehead atoms. The number of hydrogen-bond acceptors (Lipinski definition) is 8. The van der Waals surface area contributed by atoms with Crippen LogP contribution in [0.1, 0.15) is 13.3 Å². The van der Waals surface area contributed by atoms with Crippen LogP contribution in [-0.4, -0.2) is 76.0 Å². The molecule has 2 heterocycles. The maximum Gasteiger partial charge on any atom is 0.354 e. The first-order valence-corrected chi connectivity index (χ1v) is 12.2. The SMILES string of the molecule is CCOC(=O)C(N)=C1CCN(c2ccc(N3CCN(C)CC3)cc2)C(=O)C1=Nc1ccc(OC)cc1. The summed E-state index contributed by atoms with van der Waals surface area (Å²) in [5.74, 6) is -0.280. The number of amides is 1. The Hall–Kier alpha value is -3.85. The second-order valence-corrected chi connectivity index (χ2v) is 8.78. The average Bonchev–Trinajstić information content (AvgIpc) is 2.90. The van der Waals surface area contributed by atoms with Crippen molar-refractivity contribution in [3.8, 4) is 5.75 Å². The molecule has 2 saturated heterocycles. The van der Waals surface area contributed by atoms with Crippen LogP contribution in [0.5, 0.6) is 5.75 Å². The third-order valence-corrected chi connectivity index (χ3v) is 6.48. The number of methoxy groups -OCH3 is 1. The molecule has 1 amide bonds. The molecule has 0 aromatic heterocycles. The molecule has 4 rings (SSSR count). The second-order valence-electron chi connectivity index (χ2n) is 8.78. The summed E-state index contributed by atoms with van der Waals surface area (Å²) in [6.07, 6.45) is 0.381. The van der Waals surface area contributed by atoms with Crippen molar-refractivity contribution >= 4 is 34.7 Å². The molecule has 2 aliphatic heterocycles. The van der Waals surface area contributed by atoms with E-state index in [2.05, 4.69) is 21.8 Å². The first-order chi connectivity index (χ1) is 17.4. The Morgan fingerprint density at radius 3 is 2.22 bits per heavy atom. The number of anilines is 2. The molecular weight excluding hydrogens is 458 g/mol. The maximum absolute atomic E-state index is 13.7. The Labute approximate surface area is 211 Å². The number of piperazine rings is 1.